The number of carbonyl (C=O) groups is 4. The van der Waals surface area contributed by atoms with Crippen molar-refractivity contribution < 1.29 is 93.6 Å². The maximum Gasteiger partial charge on any atom is 0.346 e. The molecule has 4 aliphatic carbocycles. The quantitative estimate of drug-likeness (QED) is 0.0860. The molecule has 7 aliphatic rings. The molecule has 0 aromatic heterocycles. The number of allylic oxidation sites excluding steroid dienone is 4. The van der Waals surface area contributed by atoms with Crippen molar-refractivity contribution in [2.75, 3.05) is 6.61 Å². The summed E-state index contributed by atoms with van der Waals surface area (Å²) in [5, 5.41) is 102. The van der Waals surface area contributed by atoms with Crippen molar-refractivity contribution >= 4 is 35.1 Å². The lowest BCUT2D eigenvalue weighted by molar-refractivity contribution is -0.361. The Morgan fingerprint density at radius 2 is 1.53 bits per heavy atom. The average Bonchev–Trinajstić information content (AvgIpc) is 3.76. The molecule has 76 heavy (non-hydrogen) atoms. The van der Waals surface area contributed by atoms with Crippen LogP contribution in [0, 0.1) is 59.2 Å². The number of ether oxygens (including phenoxy) is 6. The molecule has 20 heteroatoms. The van der Waals surface area contributed by atoms with E-state index in [0.717, 1.165) is 6.92 Å². The van der Waals surface area contributed by atoms with E-state index < -0.39 is 167 Å². The van der Waals surface area contributed by atoms with E-state index in [2.05, 4.69) is 0 Å². The van der Waals surface area contributed by atoms with E-state index in [-0.39, 0.29) is 53.2 Å². The van der Waals surface area contributed by atoms with Gasteiger partial charge in [-0.2, -0.15) is 0 Å². The molecule has 1 aromatic carbocycles. The molecule has 2 bridgehead atoms. The molecule has 19 nitrogen and oxygen atoms in total. The Labute approximate surface area is 447 Å². The number of halogens is 1. The van der Waals surface area contributed by atoms with Gasteiger partial charge in [0.25, 0.3) is 0 Å². The molecule has 3 heterocycles. The van der Waals surface area contributed by atoms with Gasteiger partial charge in [-0.3, -0.25) is 9.59 Å². The van der Waals surface area contributed by atoms with Gasteiger partial charge in [-0.25, -0.2) is 9.59 Å². The van der Waals surface area contributed by atoms with E-state index in [1.807, 2.05) is 52.0 Å². The van der Waals surface area contributed by atoms with Crippen LogP contribution in [-0.4, -0.2) is 161 Å². The Hall–Kier alpha value is -4.09. The van der Waals surface area contributed by atoms with Crippen molar-refractivity contribution in [3.63, 3.8) is 0 Å². The molecule has 8 rings (SSSR count). The minimum Gasteiger partial charge on any atom is -0.511 e. The second kappa shape index (κ2) is 21.2. The summed E-state index contributed by atoms with van der Waals surface area (Å²) < 4.78 is 36.7. The molecule has 1 spiro atoms. The normalized spacial score (nSPS) is 43.6. The largest absolute Gasteiger partial charge is 0.511 e. The molecule has 4 fully saturated rings. The molecule has 1 saturated carbocycles. The molecule has 23 atom stereocenters. The number of fused-ring (bicyclic) bond motifs is 4. The van der Waals surface area contributed by atoms with Crippen molar-refractivity contribution in [1.82, 2.24) is 0 Å². The van der Waals surface area contributed by atoms with Gasteiger partial charge in [0, 0.05) is 28.2 Å². The monoisotopic (exact) mass is 1090 g/mol. The molecular formula is C56H75ClO19. The highest BCUT2D eigenvalue weighted by atomic mass is 35.5. The van der Waals surface area contributed by atoms with E-state index >= 15 is 4.79 Å². The molecule has 1 aromatic rings. The minimum absolute atomic E-state index is 0.173. The van der Waals surface area contributed by atoms with Gasteiger partial charge in [0.2, 0.25) is 5.78 Å². The lowest BCUT2D eigenvalue weighted by atomic mass is 9.49. The van der Waals surface area contributed by atoms with Crippen molar-refractivity contribution in [3.05, 3.63) is 75.6 Å². The molecule has 3 aliphatic heterocycles. The standard InChI is InChI=1S/C56H75ClO19/c1-23-12-11-17-53(8)20-31(22-58)30(19-36(61)55(10,70)29(7)59)21-56(53)48(67)38(50(69)76-56)47(66)54(9)33(23)14-13-32-39(54)24(2)18-25(3)44(32)74-52-43(65)46(40(62)27(5)71-52)75-51-42(64)41(63)45(28(6)72-51)73-49(68)37-26(4)34(57)15-16-35(37)60/h11-16,20,23-25,27-28,30,32-33,36,39-46,51-52,58,60-66,70H,17-19,21-22H2,1-10H3. The summed E-state index contributed by atoms with van der Waals surface area (Å²) in [4.78, 5) is 55.5. The van der Waals surface area contributed by atoms with E-state index in [4.69, 9.17) is 40.0 Å². The summed E-state index contributed by atoms with van der Waals surface area (Å²) in [5.74, 6) is -7.49. The first-order chi connectivity index (χ1) is 35.5. The van der Waals surface area contributed by atoms with Crippen LogP contribution >= 0.6 is 11.6 Å². The lowest BCUT2D eigenvalue weighted by Gasteiger charge is -2.57. The summed E-state index contributed by atoms with van der Waals surface area (Å²) in [6.07, 6.45) is -7.83. The van der Waals surface area contributed by atoms with Crippen LogP contribution in [-0.2, 0) is 42.8 Å². The molecule has 420 valence electrons. The van der Waals surface area contributed by atoms with Crippen LogP contribution in [0.1, 0.15) is 104 Å². The molecule has 3 saturated heterocycles. The minimum atomic E-state index is -2.15. The maximum atomic E-state index is 15.4. The molecular weight excluding hydrogens is 1010 g/mol. The van der Waals surface area contributed by atoms with Gasteiger partial charge < -0.3 is 74.4 Å². The average molecular weight is 1090 g/mol. The van der Waals surface area contributed by atoms with Crippen LogP contribution < -0.4 is 0 Å². The van der Waals surface area contributed by atoms with E-state index in [1.54, 1.807) is 13.0 Å². The number of hydrogen-bond donors (Lipinski definition) is 9. The first-order valence-electron chi connectivity index (χ1n) is 26.3. The van der Waals surface area contributed by atoms with Gasteiger partial charge in [0.05, 0.1) is 31.0 Å². The zero-order valence-electron chi connectivity index (χ0n) is 44.5. The van der Waals surface area contributed by atoms with Crippen LogP contribution in [0.5, 0.6) is 5.75 Å². The van der Waals surface area contributed by atoms with Crippen LogP contribution in [0.3, 0.4) is 0 Å². The van der Waals surface area contributed by atoms with E-state index in [0.29, 0.717) is 12.0 Å². The topological polar surface area (TPSA) is 306 Å². The second-order valence-corrected chi connectivity index (χ2v) is 23.8. The van der Waals surface area contributed by atoms with E-state index in [9.17, 15) is 60.3 Å². The number of phenolic OH excluding ortho intramolecular Hbond substituents is 1. The van der Waals surface area contributed by atoms with Crippen LogP contribution in [0.25, 0.3) is 0 Å². The van der Waals surface area contributed by atoms with Gasteiger partial charge in [0.15, 0.2) is 30.1 Å². The van der Waals surface area contributed by atoms with Gasteiger partial charge >= 0.3 is 11.9 Å². The Kier molecular flexibility index (Phi) is 16.2. The van der Waals surface area contributed by atoms with Crippen LogP contribution in [0.2, 0.25) is 5.02 Å². The van der Waals surface area contributed by atoms with Crippen molar-refractivity contribution in [3.8, 4) is 5.75 Å². The first-order valence-corrected chi connectivity index (χ1v) is 26.7. The number of hydrogen-bond acceptors (Lipinski definition) is 19. The van der Waals surface area contributed by atoms with Gasteiger partial charge in [-0.15, -0.1) is 0 Å². The molecule has 9 N–H and O–H groups in total. The number of phenols is 1. The smallest absolute Gasteiger partial charge is 0.346 e. The number of Topliss-reactive ketones (excluding diaryl/α,β-unsaturated/α-hetero) is 2. The number of aliphatic hydroxyl groups excluding tert-OH is 7. The summed E-state index contributed by atoms with van der Waals surface area (Å²) in [6.45, 7) is 15.9. The Bertz CT molecular complexity index is 2580. The second-order valence-electron chi connectivity index (χ2n) is 23.4. The number of carbonyl (C=O) groups excluding carboxylic acids is 4. The summed E-state index contributed by atoms with van der Waals surface area (Å²) in [6, 6.07) is 2.61. The van der Waals surface area contributed by atoms with Gasteiger partial charge in [-0.1, -0.05) is 76.6 Å². The number of ketones is 2. The first kappa shape index (κ1) is 58.1. The predicted octanol–water partition coefficient (Wildman–Crippen LogP) is 3.99. The maximum absolute atomic E-state index is 15.4. The van der Waals surface area contributed by atoms with Gasteiger partial charge in [0.1, 0.15) is 58.8 Å². The van der Waals surface area contributed by atoms with Crippen molar-refractivity contribution in [2.24, 2.45) is 52.3 Å². The third-order valence-corrected chi connectivity index (χ3v) is 18.9. The Morgan fingerprint density at radius 3 is 2.18 bits per heavy atom. The number of aromatic hydroxyl groups is 1. The van der Waals surface area contributed by atoms with E-state index in [1.165, 1.54) is 39.8 Å². The number of rotatable bonds is 11. The molecule has 0 amide bonds. The summed E-state index contributed by atoms with van der Waals surface area (Å²) >= 11 is 6.18. The highest BCUT2D eigenvalue weighted by Crippen LogP contribution is 2.62. The van der Waals surface area contributed by atoms with Crippen molar-refractivity contribution in [1.29, 1.82) is 0 Å². The highest BCUT2D eigenvalue weighted by Gasteiger charge is 2.68. The third-order valence-electron chi connectivity index (χ3n) is 18.5. The fraction of sp³-hybridized carbons (Fsp3) is 0.679. The number of aliphatic hydroxyl groups is 8. The summed E-state index contributed by atoms with van der Waals surface area (Å²) in [5.41, 5.74) is -6.78. The van der Waals surface area contributed by atoms with Crippen LogP contribution in [0.15, 0.2) is 59.4 Å². The third kappa shape index (κ3) is 9.50. The number of esters is 2. The van der Waals surface area contributed by atoms with Gasteiger partial charge in [-0.05, 0) is 113 Å². The molecule has 23 unspecified atom stereocenters. The molecule has 0 radical (unpaired) electrons. The Morgan fingerprint density at radius 1 is 0.882 bits per heavy atom. The summed E-state index contributed by atoms with van der Waals surface area (Å²) in [7, 11) is 0. The van der Waals surface area contributed by atoms with Crippen molar-refractivity contribution in [2.45, 2.75) is 180 Å². The Balaban J connectivity index is 1.07. The SMILES string of the molecule is CC(=O)C(C)(O)C(O)CC1CC23OC(=O)C(=C(O)C4(C)C(C=CC5C(OC6OC(C)C(O)C(OC7OC(C)C(OC(=O)c8c(O)ccc(Cl)c8C)C(O)C7O)C6O)C(C)CC(C)C54)C(C)C=CCC2(C)C=C1CO)C3=O. The fourth-order valence-electron chi connectivity index (χ4n) is 13.9. The van der Waals surface area contributed by atoms with Crippen LogP contribution in [0.4, 0.5) is 0 Å². The zero-order chi connectivity index (χ0) is 56.0. The lowest BCUT2D eigenvalue weighted by Crippen LogP contribution is -2.64. The fourth-order valence-corrected chi connectivity index (χ4v) is 14.0. The predicted molar refractivity (Wildman–Crippen MR) is 270 cm³/mol. The zero-order valence-corrected chi connectivity index (χ0v) is 45.3. The highest BCUT2D eigenvalue weighted by molar-refractivity contribution is 6.32. The number of benzene rings is 1.